The van der Waals surface area contributed by atoms with Crippen LogP contribution < -0.4 is 9.47 Å². The summed E-state index contributed by atoms with van der Waals surface area (Å²) in [4.78, 5) is 11.3. The van der Waals surface area contributed by atoms with Crippen molar-refractivity contribution in [1.82, 2.24) is 0 Å². The van der Waals surface area contributed by atoms with Crippen molar-refractivity contribution in [2.75, 3.05) is 6.61 Å². The number of hydrogen-bond donors (Lipinski definition) is 0. The maximum Gasteiger partial charge on any atom is 0.573 e. The van der Waals surface area contributed by atoms with Gasteiger partial charge in [-0.1, -0.05) is 0 Å². The summed E-state index contributed by atoms with van der Waals surface area (Å²) in [6, 6.07) is 2.54. The van der Waals surface area contributed by atoms with Crippen LogP contribution in [0.4, 0.5) is 22.0 Å². The first-order valence-corrected chi connectivity index (χ1v) is 5.69. The molecule has 118 valence electrons. The van der Waals surface area contributed by atoms with Gasteiger partial charge in [0.2, 0.25) is 0 Å². The third-order valence-electron chi connectivity index (χ3n) is 2.05. The molecule has 0 bridgehead atoms. The molecule has 0 aromatic heterocycles. The predicted octanol–water partition coefficient (Wildman–Crippen LogP) is 3.29. The number of ether oxygens (including phenoxy) is 3. The minimum atomic E-state index is -5.00. The Morgan fingerprint density at radius 3 is 2.33 bits per heavy atom. The lowest BCUT2D eigenvalue weighted by Crippen LogP contribution is -2.17. The van der Waals surface area contributed by atoms with Crippen LogP contribution in [0.25, 0.3) is 0 Å². The Bertz CT molecular complexity index is 487. The van der Waals surface area contributed by atoms with Crippen molar-refractivity contribution < 1.29 is 41.0 Å². The van der Waals surface area contributed by atoms with E-state index in [1.165, 1.54) is 0 Å². The smallest absolute Gasteiger partial charge is 0.466 e. The van der Waals surface area contributed by atoms with E-state index < -0.39 is 36.9 Å². The second-order valence-corrected chi connectivity index (χ2v) is 3.72. The zero-order chi connectivity index (χ0) is 16.0. The van der Waals surface area contributed by atoms with Crippen molar-refractivity contribution in [2.45, 2.75) is 26.3 Å². The van der Waals surface area contributed by atoms with Crippen LogP contribution >= 0.6 is 0 Å². The minimum Gasteiger partial charge on any atom is -0.466 e. The molecule has 0 aliphatic carbocycles. The Kier molecular flexibility index (Phi) is 5.74. The van der Waals surface area contributed by atoms with Crippen LogP contribution in [0.15, 0.2) is 18.2 Å². The SMILES string of the molecule is CCOC(=O)Cc1cc(OC(F)F)cc(OC(F)(F)F)c1. The van der Waals surface area contributed by atoms with Gasteiger partial charge in [0, 0.05) is 6.07 Å². The van der Waals surface area contributed by atoms with Gasteiger partial charge in [-0.15, -0.1) is 13.2 Å². The van der Waals surface area contributed by atoms with Crippen LogP contribution in [0.5, 0.6) is 11.5 Å². The number of esters is 1. The number of carbonyl (C=O) groups is 1. The summed E-state index contributed by atoms with van der Waals surface area (Å²) in [5.41, 5.74) is -0.00847. The molecule has 0 radical (unpaired) electrons. The zero-order valence-electron chi connectivity index (χ0n) is 10.7. The number of halogens is 5. The third-order valence-corrected chi connectivity index (χ3v) is 2.05. The van der Waals surface area contributed by atoms with E-state index in [4.69, 9.17) is 0 Å². The molecular formula is C12H11F5O4. The Labute approximate surface area is 116 Å². The van der Waals surface area contributed by atoms with Gasteiger partial charge in [0.05, 0.1) is 13.0 Å². The highest BCUT2D eigenvalue weighted by molar-refractivity contribution is 5.73. The molecule has 0 saturated carbocycles. The summed E-state index contributed by atoms with van der Waals surface area (Å²) in [7, 11) is 0. The van der Waals surface area contributed by atoms with Crippen molar-refractivity contribution in [2.24, 2.45) is 0 Å². The van der Waals surface area contributed by atoms with E-state index in [0.29, 0.717) is 6.07 Å². The summed E-state index contributed by atoms with van der Waals surface area (Å²) in [5, 5.41) is 0. The molecule has 0 heterocycles. The van der Waals surface area contributed by atoms with E-state index in [1.54, 1.807) is 6.92 Å². The molecule has 1 aromatic rings. The van der Waals surface area contributed by atoms with Crippen molar-refractivity contribution in [3.05, 3.63) is 23.8 Å². The van der Waals surface area contributed by atoms with Gasteiger partial charge in [0.25, 0.3) is 0 Å². The first-order chi connectivity index (χ1) is 9.69. The molecule has 0 aliphatic heterocycles. The van der Waals surface area contributed by atoms with Gasteiger partial charge in [0.1, 0.15) is 11.5 Å². The topological polar surface area (TPSA) is 44.8 Å². The molecule has 1 aromatic carbocycles. The maximum atomic E-state index is 12.1. The third kappa shape index (κ3) is 6.77. The number of alkyl halides is 5. The number of hydrogen-bond acceptors (Lipinski definition) is 4. The van der Waals surface area contributed by atoms with Crippen molar-refractivity contribution in [1.29, 1.82) is 0 Å². The quantitative estimate of drug-likeness (QED) is 0.597. The van der Waals surface area contributed by atoms with Crippen LogP contribution in [0, 0.1) is 0 Å². The summed E-state index contributed by atoms with van der Waals surface area (Å²) in [6.07, 6.45) is -5.40. The lowest BCUT2D eigenvalue weighted by Gasteiger charge is -2.13. The number of benzene rings is 1. The second-order valence-electron chi connectivity index (χ2n) is 3.72. The van der Waals surface area contributed by atoms with Crippen LogP contribution in [0.1, 0.15) is 12.5 Å². The molecule has 0 fully saturated rings. The molecule has 0 aliphatic rings. The molecule has 0 unspecified atom stereocenters. The highest BCUT2D eigenvalue weighted by Crippen LogP contribution is 2.29. The Balaban J connectivity index is 2.99. The van der Waals surface area contributed by atoms with E-state index in [1.807, 2.05) is 0 Å². The molecule has 1 rings (SSSR count). The molecule has 9 heteroatoms. The zero-order valence-corrected chi connectivity index (χ0v) is 10.7. The molecule has 0 amide bonds. The van der Waals surface area contributed by atoms with E-state index in [9.17, 15) is 26.7 Å². The molecule has 0 N–H and O–H groups in total. The largest absolute Gasteiger partial charge is 0.573 e. The Morgan fingerprint density at radius 1 is 1.19 bits per heavy atom. The average molecular weight is 314 g/mol. The van der Waals surface area contributed by atoms with Gasteiger partial charge in [-0.25, -0.2) is 0 Å². The lowest BCUT2D eigenvalue weighted by atomic mass is 10.1. The molecule has 21 heavy (non-hydrogen) atoms. The predicted molar refractivity (Wildman–Crippen MR) is 60.1 cm³/mol. The van der Waals surface area contributed by atoms with Gasteiger partial charge >= 0.3 is 18.9 Å². The Morgan fingerprint density at radius 2 is 1.81 bits per heavy atom. The van der Waals surface area contributed by atoms with Crippen molar-refractivity contribution >= 4 is 5.97 Å². The monoisotopic (exact) mass is 314 g/mol. The van der Waals surface area contributed by atoms with Gasteiger partial charge in [-0.3, -0.25) is 4.79 Å². The van der Waals surface area contributed by atoms with Gasteiger partial charge in [-0.05, 0) is 24.6 Å². The summed E-state index contributed by atoms with van der Waals surface area (Å²) < 4.78 is 73.0. The van der Waals surface area contributed by atoms with Crippen LogP contribution in [0.3, 0.4) is 0 Å². The van der Waals surface area contributed by atoms with Crippen LogP contribution in [0.2, 0.25) is 0 Å². The lowest BCUT2D eigenvalue weighted by molar-refractivity contribution is -0.274. The van der Waals surface area contributed by atoms with E-state index >= 15 is 0 Å². The maximum absolute atomic E-state index is 12.1. The highest BCUT2D eigenvalue weighted by atomic mass is 19.4. The first-order valence-electron chi connectivity index (χ1n) is 5.69. The minimum absolute atomic E-state index is 0.00847. The Hall–Kier alpha value is -2.06. The van der Waals surface area contributed by atoms with Crippen LogP contribution in [-0.4, -0.2) is 25.6 Å². The van der Waals surface area contributed by atoms with E-state index in [2.05, 4.69) is 14.2 Å². The molecule has 0 spiro atoms. The van der Waals surface area contributed by atoms with Crippen molar-refractivity contribution in [3.63, 3.8) is 0 Å². The molecule has 0 atom stereocenters. The normalized spacial score (nSPS) is 11.4. The van der Waals surface area contributed by atoms with E-state index in [-0.39, 0.29) is 12.2 Å². The molecule has 0 saturated heterocycles. The summed E-state index contributed by atoms with van der Waals surface area (Å²) >= 11 is 0. The standard InChI is InChI=1S/C12H11F5O4/c1-2-19-10(18)5-7-3-8(20-11(13)14)6-9(4-7)21-12(15,16)17/h3-4,6,11H,2,5H2,1H3. The highest BCUT2D eigenvalue weighted by Gasteiger charge is 2.31. The first kappa shape index (κ1) is 17.0. The van der Waals surface area contributed by atoms with Gasteiger partial charge in [0.15, 0.2) is 0 Å². The fourth-order valence-electron chi connectivity index (χ4n) is 1.47. The van der Waals surface area contributed by atoms with E-state index in [0.717, 1.165) is 12.1 Å². The van der Waals surface area contributed by atoms with Crippen molar-refractivity contribution in [3.8, 4) is 11.5 Å². The fraction of sp³-hybridized carbons (Fsp3) is 0.417. The summed E-state index contributed by atoms with van der Waals surface area (Å²) in [5.74, 6) is -2.03. The van der Waals surface area contributed by atoms with Crippen LogP contribution in [-0.2, 0) is 16.0 Å². The number of carbonyl (C=O) groups excluding carboxylic acids is 1. The molecular weight excluding hydrogens is 303 g/mol. The fourth-order valence-corrected chi connectivity index (χ4v) is 1.47. The summed E-state index contributed by atoms with van der Waals surface area (Å²) in [6.45, 7) is -1.59. The number of rotatable bonds is 6. The second kappa shape index (κ2) is 7.09. The van der Waals surface area contributed by atoms with Gasteiger partial charge in [-0.2, -0.15) is 8.78 Å². The average Bonchev–Trinajstić information content (AvgIpc) is 2.24. The molecule has 4 nitrogen and oxygen atoms in total. The van der Waals surface area contributed by atoms with Gasteiger partial charge < -0.3 is 14.2 Å².